The first-order chi connectivity index (χ1) is 16.7. The number of amides is 1. The molecular weight excluding hydrogens is 426 g/mol. The maximum Gasteiger partial charge on any atom is 0.225 e. The summed E-state index contributed by atoms with van der Waals surface area (Å²) in [4.78, 5) is 28.8. The number of anilines is 2. The third-order valence-corrected chi connectivity index (χ3v) is 6.90. The summed E-state index contributed by atoms with van der Waals surface area (Å²) in [5.41, 5.74) is 3.17. The molecule has 2 saturated heterocycles. The van der Waals surface area contributed by atoms with E-state index in [0.29, 0.717) is 5.91 Å². The molecule has 0 aliphatic carbocycles. The van der Waals surface area contributed by atoms with Crippen molar-refractivity contribution in [3.05, 3.63) is 67.0 Å². The molecule has 176 valence electrons. The van der Waals surface area contributed by atoms with Crippen LogP contribution in [0.25, 0.3) is 11.3 Å². The molecule has 2 aliphatic heterocycles. The second-order valence-electron chi connectivity index (χ2n) is 8.90. The summed E-state index contributed by atoms with van der Waals surface area (Å²) in [6.45, 7) is 4.91. The number of carbonyl (C=O) groups is 1. The van der Waals surface area contributed by atoms with E-state index in [1.54, 1.807) is 13.4 Å². The third kappa shape index (κ3) is 4.83. The van der Waals surface area contributed by atoms with Gasteiger partial charge < -0.3 is 19.4 Å². The predicted octanol–water partition coefficient (Wildman–Crippen LogP) is 3.72. The number of hydrogen-bond acceptors (Lipinski definition) is 6. The van der Waals surface area contributed by atoms with Gasteiger partial charge in [0.2, 0.25) is 5.91 Å². The normalized spacial score (nSPS) is 17.0. The Morgan fingerprint density at radius 2 is 1.62 bits per heavy atom. The summed E-state index contributed by atoms with van der Waals surface area (Å²) >= 11 is 0. The lowest BCUT2D eigenvalue weighted by Crippen LogP contribution is -2.51. The van der Waals surface area contributed by atoms with E-state index in [9.17, 15) is 4.79 Å². The maximum atomic E-state index is 13.2. The van der Waals surface area contributed by atoms with Crippen LogP contribution in [0.4, 0.5) is 11.5 Å². The van der Waals surface area contributed by atoms with Gasteiger partial charge in [-0.25, -0.2) is 9.97 Å². The van der Waals surface area contributed by atoms with Crippen LogP contribution < -0.4 is 14.5 Å². The van der Waals surface area contributed by atoms with E-state index in [4.69, 9.17) is 4.74 Å². The molecular formula is C27H31N5O2. The Morgan fingerprint density at radius 3 is 2.35 bits per heavy atom. The highest BCUT2D eigenvalue weighted by molar-refractivity contribution is 5.79. The quantitative estimate of drug-likeness (QED) is 0.582. The Labute approximate surface area is 201 Å². The molecule has 0 radical (unpaired) electrons. The van der Waals surface area contributed by atoms with Gasteiger partial charge in [-0.2, -0.15) is 0 Å². The summed E-state index contributed by atoms with van der Waals surface area (Å²) in [6.07, 6.45) is 3.36. The van der Waals surface area contributed by atoms with Crippen LogP contribution in [-0.4, -0.2) is 67.2 Å². The largest absolute Gasteiger partial charge is 0.497 e. The van der Waals surface area contributed by atoms with Gasteiger partial charge in [0, 0.05) is 68.6 Å². The molecule has 0 N–H and O–H groups in total. The highest BCUT2D eigenvalue weighted by Gasteiger charge is 2.31. The van der Waals surface area contributed by atoms with Gasteiger partial charge in [0.1, 0.15) is 17.9 Å². The van der Waals surface area contributed by atoms with Crippen LogP contribution in [0.15, 0.2) is 67.0 Å². The van der Waals surface area contributed by atoms with Crippen molar-refractivity contribution in [2.45, 2.75) is 12.8 Å². The van der Waals surface area contributed by atoms with Crippen molar-refractivity contribution in [2.75, 3.05) is 56.2 Å². The molecule has 1 amide bonds. The van der Waals surface area contributed by atoms with Crippen molar-refractivity contribution in [2.24, 2.45) is 5.92 Å². The number of rotatable bonds is 5. The highest BCUT2D eigenvalue weighted by Crippen LogP contribution is 2.27. The molecule has 0 bridgehead atoms. The smallest absolute Gasteiger partial charge is 0.225 e. The SMILES string of the molecule is COc1cccc(N2CCN(C(=O)C3CCN(c4cc(-c5ccccc5)ncn4)CC3)CC2)c1. The lowest BCUT2D eigenvalue weighted by atomic mass is 9.95. The summed E-state index contributed by atoms with van der Waals surface area (Å²) in [7, 11) is 1.69. The second kappa shape index (κ2) is 10.1. The molecule has 0 saturated carbocycles. The molecule has 0 unspecified atom stereocenters. The van der Waals surface area contributed by atoms with Crippen molar-refractivity contribution in [3.63, 3.8) is 0 Å². The minimum absolute atomic E-state index is 0.0926. The molecule has 0 spiro atoms. The number of hydrogen-bond donors (Lipinski definition) is 0. The van der Waals surface area contributed by atoms with Gasteiger partial charge in [-0.15, -0.1) is 0 Å². The van der Waals surface area contributed by atoms with Gasteiger partial charge in [-0.05, 0) is 25.0 Å². The number of ether oxygens (including phenoxy) is 1. The van der Waals surface area contributed by atoms with Crippen molar-refractivity contribution < 1.29 is 9.53 Å². The number of benzene rings is 2. The monoisotopic (exact) mass is 457 g/mol. The van der Waals surface area contributed by atoms with Crippen LogP contribution in [0.3, 0.4) is 0 Å². The highest BCUT2D eigenvalue weighted by atomic mass is 16.5. The molecule has 7 heteroatoms. The van der Waals surface area contributed by atoms with E-state index in [0.717, 1.165) is 80.6 Å². The Kier molecular flexibility index (Phi) is 6.60. The number of methoxy groups -OCH3 is 1. The first-order valence-electron chi connectivity index (χ1n) is 12.0. The molecule has 2 aliphatic rings. The Bertz CT molecular complexity index is 1110. The van der Waals surface area contributed by atoms with Gasteiger partial charge in [0.05, 0.1) is 12.8 Å². The number of aromatic nitrogens is 2. The standard InChI is InChI=1S/C27H31N5O2/c1-34-24-9-5-8-23(18-24)30-14-16-32(17-15-30)27(33)22-10-12-31(13-11-22)26-19-25(28-20-29-26)21-6-3-2-4-7-21/h2-9,18-20,22H,10-17H2,1H3. The Hall–Kier alpha value is -3.61. The maximum absolute atomic E-state index is 13.2. The van der Waals surface area contributed by atoms with Crippen LogP contribution in [0.1, 0.15) is 12.8 Å². The van der Waals surface area contributed by atoms with Gasteiger partial charge in [0.25, 0.3) is 0 Å². The average molecular weight is 458 g/mol. The number of piperidine rings is 1. The average Bonchev–Trinajstić information content (AvgIpc) is 2.93. The Morgan fingerprint density at radius 1 is 0.853 bits per heavy atom. The number of piperazine rings is 1. The predicted molar refractivity (Wildman–Crippen MR) is 134 cm³/mol. The van der Waals surface area contributed by atoms with Crippen molar-refractivity contribution >= 4 is 17.4 Å². The zero-order valence-corrected chi connectivity index (χ0v) is 19.6. The lowest BCUT2D eigenvalue weighted by molar-refractivity contribution is -0.136. The molecule has 1 aromatic heterocycles. The first-order valence-corrected chi connectivity index (χ1v) is 12.0. The summed E-state index contributed by atoms with van der Waals surface area (Å²) in [5.74, 6) is 2.20. The van der Waals surface area contributed by atoms with Gasteiger partial charge in [0.15, 0.2) is 0 Å². The number of nitrogens with zero attached hydrogens (tertiary/aromatic N) is 5. The third-order valence-electron chi connectivity index (χ3n) is 6.90. The fraction of sp³-hybridized carbons (Fsp3) is 0.370. The second-order valence-corrected chi connectivity index (χ2v) is 8.90. The molecule has 2 fully saturated rings. The van der Waals surface area contributed by atoms with E-state index < -0.39 is 0 Å². The Balaban J connectivity index is 1.15. The molecule has 2 aromatic carbocycles. The van der Waals surface area contributed by atoms with Gasteiger partial charge in [-0.3, -0.25) is 4.79 Å². The molecule has 7 nitrogen and oxygen atoms in total. The number of carbonyl (C=O) groups excluding carboxylic acids is 1. The van der Waals surface area contributed by atoms with E-state index >= 15 is 0 Å². The minimum atomic E-state index is 0.0926. The minimum Gasteiger partial charge on any atom is -0.497 e. The van der Waals surface area contributed by atoms with E-state index in [1.165, 1.54) is 0 Å². The summed E-state index contributed by atoms with van der Waals surface area (Å²) in [6, 6.07) is 20.3. The molecule has 3 aromatic rings. The summed E-state index contributed by atoms with van der Waals surface area (Å²) < 4.78 is 5.35. The molecule has 34 heavy (non-hydrogen) atoms. The molecule has 5 rings (SSSR count). The zero-order chi connectivity index (χ0) is 23.3. The van der Waals surface area contributed by atoms with Crippen LogP contribution in [0, 0.1) is 5.92 Å². The fourth-order valence-corrected chi connectivity index (χ4v) is 4.89. The topological polar surface area (TPSA) is 61.8 Å². The van der Waals surface area contributed by atoms with Gasteiger partial charge in [-0.1, -0.05) is 36.4 Å². The van der Waals surface area contributed by atoms with Gasteiger partial charge >= 0.3 is 0 Å². The van der Waals surface area contributed by atoms with Crippen molar-refractivity contribution in [1.82, 2.24) is 14.9 Å². The van der Waals surface area contributed by atoms with Crippen LogP contribution in [0.2, 0.25) is 0 Å². The fourth-order valence-electron chi connectivity index (χ4n) is 4.89. The van der Waals surface area contributed by atoms with Crippen LogP contribution in [-0.2, 0) is 4.79 Å². The zero-order valence-electron chi connectivity index (χ0n) is 19.6. The van der Waals surface area contributed by atoms with E-state index in [1.807, 2.05) is 30.3 Å². The summed E-state index contributed by atoms with van der Waals surface area (Å²) in [5, 5.41) is 0. The van der Waals surface area contributed by atoms with Crippen molar-refractivity contribution in [1.29, 1.82) is 0 Å². The van der Waals surface area contributed by atoms with Crippen LogP contribution >= 0.6 is 0 Å². The van der Waals surface area contributed by atoms with E-state index in [-0.39, 0.29) is 5.92 Å². The lowest BCUT2D eigenvalue weighted by Gasteiger charge is -2.39. The molecule has 3 heterocycles. The molecule has 0 atom stereocenters. The van der Waals surface area contributed by atoms with E-state index in [2.05, 4.69) is 55.0 Å². The first kappa shape index (κ1) is 22.2. The van der Waals surface area contributed by atoms with Crippen LogP contribution in [0.5, 0.6) is 5.75 Å². The van der Waals surface area contributed by atoms with Crippen molar-refractivity contribution in [3.8, 4) is 17.0 Å².